The van der Waals surface area contributed by atoms with Crippen LogP contribution in [0.25, 0.3) is 0 Å². The lowest BCUT2D eigenvalue weighted by Gasteiger charge is -2.17. The maximum Gasteiger partial charge on any atom is 0.305 e. The van der Waals surface area contributed by atoms with Gasteiger partial charge in [0.1, 0.15) is 5.75 Å². The van der Waals surface area contributed by atoms with Crippen LogP contribution in [0.3, 0.4) is 0 Å². The summed E-state index contributed by atoms with van der Waals surface area (Å²) in [5.41, 5.74) is 1.65. The van der Waals surface area contributed by atoms with Gasteiger partial charge in [-0.25, -0.2) is 0 Å². The molecule has 0 aliphatic rings. The number of ether oxygens (including phenoxy) is 1. The summed E-state index contributed by atoms with van der Waals surface area (Å²) in [6.45, 7) is 3.24. The molecule has 98 valence electrons. The topological polar surface area (TPSA) is 75.6 Å². The Labute approximate surface area is 106 Å². The quantitative estimate of drug-likeness (QED) is 0.834. The van der Waals surface area contributed by atoms with Crippen LogP contribution in [0.5, 0.6) is 5.75 Å². The number of carboxylic acid groups (broad SMARTS) is 1. The number of carbonyl (C=O) groups is 2. The molecule has 0 radical (unpaired) electrons. The first-order valence-corrected chi connectivity index (χ1v) is 5.57. The molecule has 0 aliphatic heterocycles. The fourth-order valence-corrected chi connectivity index (χ4v) is 1.79. The first-order chi connectivity index (χ1) is 8.43. The van der Waals surface area contributed by atoms with Gasteiger partial charge in [-0.3, -0.25) is 9.59 Å². The van der Waals surface area contributed by atoms with Crippen molar-refractivity contribution in [1.29, 1.82) is 0 Å². The Hall–Kier alpha value is -2.04. The summed E-state index contributed by atoms with van der Waals surface area (Å²) < 4.78 is 5.14. The highest BCUT2D eigenvalue weighted by molar-refractivity contribution is 5.75. The lowest BCUT2D eigenvalue weighted by molar-refractivity contribution is -0.137. The van der Waals surface area contributed by atoms with Gasteiger partial charge in [0.2, 0.25) is 5.91 Å². The molecule has 0 unspecified atom stereocenters. The molecule has 1 atom stereocenters. The minimum atomic E-state index is -0.956. The van der Waals surface area contributed by atoms with Crippen molar-refractivity contribution in [3.8, 4) is 5.75 Å². The number of hydrogen-bond donors (Lipinski definition) is 2. The van der Waals surface area contributed by atoms with E-state index in [1.165, 1.54) is 6.92 Å². The van der Waals surface area contributed by atoms with Crippen molar-refractivity contribution in [2.75, 3.05) is 7.11 Å². The van der Waals surface area contributed by atoms with E-state index in [9.17, 15) is 9.59 Å². The van der Waals surface area contributed by atoms with Gasteiger partial charge >= 0.3 is 5.97 Å². The van der Waals surface area contributed by atoms with E-state index >= 15 is 0 Å². The normalized spacial score (nSPS) is 11.7. The van der Waals surface area contributed by atoms with E-state index in [4.69, 9.17) is 9.84 Å². The monoisotopic (exact) mass is 251 g/mol. The first kappa shape index (κ1) is 14.0. The van der Waals surface area contributed by atoms with Gasteiger partial charge in [0.25, 0.3) is 0 Å². The maximum absolute atomic E-state index is 11.1. The molecule has 5 nitrogen and oxygen atoms in total. The standard InChI is InChI=1S/C13H17NO4/c1-8-6-10(4-5-12(8)18-3)11(7-13(16)17)14-9(2)15/h4-6,11H,7H2,1-3H3,(H,14,15)(H,16,17)/t11-/m1/s1. The SMILES string of the molecule is COc1ccc([C@@H](CC(=O)O)NC(C)=O)cc1C. The highest BCUT2D eigenvalue weighted by atomic mass is 16.5. The Morgan fingerprint density at radius 1 is 1.44 bits per heavy atom. The van der Waals surface area contributed by atoms with E-state index in [-0.39, 0.29) is 12.3 Å². The van der Waals surface area contributed by atoms with Crippen LogP contribution < -0.4 is 10.1 Å². The fraction of sp³-hybridized carbons (Fsp3) is 0.385. The predicted molar refractivity (Wildman–Crippen MR) is 66.5 cm³/mol. The third kappa shape index (κ3) is 3.76. The molecule has 0 aliphatic carbocycles. The van der Waals surface area contributed by atoms with Crippen molar-refractivity contribution >= 4 is 11.9 Å². The molecule has 0 spiro atoms. The van der Waals surface area contributed by atoms with Crippen molar-refractivity contribution in [2.45, 2.75) is 26.3 Å². The zero-order chi connectivity index (χ0) is 13.7. The summed E-state index contributed by atoms with van der Waals surface area (Å²) in [7, 11) is 1.57. The average molecular weight is 251 g/mol. The number of nitrogens with one attached hydrogen (secondary N) is 1. The minimum absolute atomic E-state index is 0.147. The van der Waals surface area contributed by atoms with Crippen molar-refractivity contribution in [2.24, 2.45) is 0 Å². The molecular formula is C13H17NO4. The van der Waals surface area contributed by atoms with E-state index in [2.05, 4.69) is 5.32 Å². The number of carbonyl (C=O) groups excluding carboxylic acids is 1. The van der Waals surface area contributed by atoms with Gasteiger partial charge < -0.3 is 15.2 Å². The molecule has 0 aromatic heterocycles. The number of aliphatic carboxylic acids is 1. The number of aryl methyl sites for hydroxylation is 1. The number of rotatable bonds is 5. The van der Waals surface area contributed by atoms with Crippen molar-refractivity contribution in [3.63, 3.8) is 0 Å². The van der Waals surface area contributed by atoms with Gasteiger partial charge in [-0.1, -0.05) is 12.1 Å². The summed E-state index contributed by atoms with van der Waals surface area (Å²) in [5.74, 6) is -0.479. The zero-order valence-corrected chi connectivity index (χ0v) is 10.7. The van der Waals surface area contributed by atoms with Crippen LogP contribution in [0.1, 0.15) is 30.5 Å². The van der Waals surface area contributed by atoms with Gasteiger partial charge in [-0.15, -0.1) is 0 Å². The highest BCUT2D eigenvalue weighted by Crippen LogP contribution is 2.24. The van der Waals surface area contributed by atoms with Gasteiger partial charge in [0.05, 0.1) is 19.6 Å². The number of hydrogen-bond acceptors (Lipinski definition) is 3. The molecular weight excluding hydrogens is 234 g/mol. The van der Waals surface area contributed by atoms with Gasteiger partial charge in [-0.05, 0) is 24.1 Å². The Balaban J connectivity index is 3.00. The molecule has 1 aromatic carbocycles. The van der Waals surface area contributed by atoms with Crippen LogP contribution in [-0.2, 0) is 9.59 Å². The lowest BCUT2D eigenvalue weighted by Crippen LogP contribution is -2.28. The number of methoxy groups -OCH3 is 1. The zero-order valence-electron chi connectivity index (χ0n) is 10.7. The summed E-state index contributed by atoms with van der Waals surface area (Å²) in [4.78, 5) is 21.9. The average Bonchev–Trinajstić information content (AvgIpc) is 2.26. The minimum Gasteiger partial charge on any atom is -0.496 e. The molecule has 0 bridgehead atoms. The molecule has 1 aromatic rings. The number of benzene rings is 1. The summed E-state index contributed by atoms with van der Waals surface area (Å²) in [5, 5.41) is 11.5. The Kier molecular flexibility index (Phi) is 4.71. The van der Waals surface area contributed by atoms with Gasteiger partial charge in [0.15, 0.2) is 0 Å². The summed E-state index contributed by atoms with van der Waals surface area (Å²) in [6, 6.07) is 4.82. The third-order valence-electron chi connectivity index (χ3n) is 2.58. The largest absolute Gasteiger partial charge is 0.496 e. The van der Waals surface area contributed by atoms with Gasteiger partial charge in [0, 0.05) is 6.92 Å². The van der Waals surface area contributed by atoms with E-state index in [1.54, 1.807) is 19.2 Å². The van der Waals surface area contributed by atoms with E-state index in [0.717, 1.165) is 16.9 Å². The maximum atomic E-state index is 11.1. The van der Waals surface area contributed by atoms with Gasteiger partial charge in [-0.2, -0.15) is 0 Å². The van der Waals surface area contributed by atoms with Crippen LogP contribution in [0.4, 0.5) is 0 Å². The Bertz CT molecular complexity index is 440. The van der Waals surface area contributed by atoms with E-state index in [1.807, 2.05) is 13.0 Å². The molecule has 0 heterocycles. The molecule has 5 heteroatoms. The van der Waals surface area contributed by atoms with Crippen LogP contribution in [0, 0.1) is 6.92 Å². The predicted octanol–water partition coefficient (Wildman–Crippen LogP) is 1.66. The summed E-state index contributed by atoms with van der Waals surface area (Å²) >= 11 is 0. The second kappa shape index (κ2) is 6.05. The Morgan fingerprint density at radius 2 is 2.11 bits per heavy atom. The van der Waals surface area contributed by atoms with Crippen molar-refractivity contribution < 1.29 is 19.4 Å². The fourth-order valence-electron chi connectivity index (χ4n) is 1.79. The Morgan fingerprint density at radius 3 is 2.56 bits per heavy atom. The van der Waals surface area contributed by atoms with Crippen molar-refractivity contribution in [1.82, 2.24) is 5.32 Å². The summed E-state index contributed by atoms with van der Waals surface area (Å²) in [6.07, 6.45) is -0.147. The van der Waals surface area contributed by atoms with Crippen LogP contribution in [0.2, 0.25) is 0 Å². The second-order valence-electron chi connectivity index (χ2n) is 4.08. The molecule has 0 saturated heterocycles. The first-order valence-electron chi connectivity index (χ1n) is 5.57. The molecule has 18 heavy (non-hydrogen) atoms. The van der Waals surface area contributed by atoms with E-state index in [0.29, 0.717) is 0 Å². The lowest BCUT2D eigenvalue weighted by atomic mass is 10.0. The van der Waals surface area contributed by atoms with Crippen LogP contribution in [-0.4, -0.2) is 24.1 Å². The second-order valence-corrected chi connectivity index (χ2v) is 4.08. The molecule has 2 N–H and O–H groups in total. The van der Waals surface area contributed by atoms with Crippen LogP contribution in [0.15, 0.2) is 18.2 Å². The number of carboxylic acids is 1. The molecule has 1 rings (SSSR count). The van der Waals surface area contributed by atoms with Crippen LogP contribution >= 0.6 is 0 Å². The highest BCUT2D eigenvalue weighted by Gasteiger charge is 2.17. The molecule has 0 fully saturated rings. The molecule has 0 saturated carbocycles. The van der Waals surface area contributed by atoms with Crippen molar-refractivity contribution in [3.05, 3.63) is 29.3 Å². The third-order valence-corrected chi connectivity index (χ3v) is 2.58. The number of amides is 1. The smallest absolute Gasteiger partial charge is 0.305 e. The molecule has 1 amide bonds. The van der Waals surface area contributed by atoms with E-state index < -0.39 is 12.0 Å².